The van der Waals surface area contributed by atoms with Gasteiger partial charge in [-0.2, -0.15) is 0 Å². The van der Waals surface area contributed by atoms with Crippen molar-refractivity contribution in [2.75, 3.05) is 39.4 Å². The van der Waals surface area contributed by atoms with Crippen LogP contribution in [-0.4, -0.2) is 56.3 Å². The minimum absolute atomic E-state index is 0.0301. The molecule has 0 saturated carbocycles. The Morgan fingerprint density at radius 3 is 2.90 bits per heavy atom. The molecule has 6 heteroatoms. The van der Waals surface area contributed by atoms with E-state index in [1.807, 2.05) is 29.2 Å². The monoisotopic (exact) mass is 310 g/mol. The average molecular weight is 311 g/mol. The summed E-state index contributed by atoms with van der Waals surface area (Å²) in [6.45, 7) is 3.58. The number of halogens is 1. The van der Waals surface area contributed by atoms with Crippen molar-refractivity contribution in [3.63, 3.8) is 0 Å². The molecule has 1 N–H and O–H groups in total. The predicted octanol–water partition coefficient (Wildman–Crippen LogP) is 1.23. The van der Waals surface area contributed by atoms with Crippen LogP contribution in [0.25, 0.3) is 0 Å². The first-order valence-corrected chi connectivity index (χ1v) is 7.60. The lowest BCUT2D eigenvalue weighted by atomic mass is 10.1. The maximum absolute atomic E-state index is 12.5. The third-order valence-electron chi connectivity index (χ3n) is 3.83. The number of morpholine rings is 2. The molecule has 0 unspecified atom stereocenters. The second-order valence-corrected chi connectivity index (χ2v) is 5.64. The Balaban J connectivity index is 1.68. The van der Waals surface area contributed by atoms with Gasteiger partial charge in [0.1, 0.15) is 12.2 Å². The van der Waals surface area contributed by atoms with Crippen molar-refractivity contribution in [1.29, 1.82) is 0 Å². The van der Waals surface area contributed by atoms with Gasteiger partial charge in [-0.1, -0.05) is 29.8 Å². The lowest BCUT2D eigenvalue weighted by Gasteiger charge is -2.36. The SMILES string of the molecule is O=C([C@@H]1CNCCO1)N1CCO[C@@H](c2ccccc2Cl)C1. The molecule has 1 amide bonds. The van der Waals surface area contributed by atoms with Gasteiger partial charge in [0.25, 0.3) is 5.91 Å². The highest BCUT2D eigenvalue weighted by Crippen LogP contribution is 2.28. The molecule has 0 radical (unpaired) electrons. The molecule has 0 spiro atoms. The van der Waals surface area contributed by atoms with Gasteiger partial charge in [-0.15, -0.1) is 0 Å². The molecule has 3 rings (SSSR count). The minimum atomic E-state index is -0.385. The van der Waals surface area contributed by atoms with E-state index in [4.69, 9.17) is 21.1 Å². The summed E-state index contributed by atoms with van der Waals surface area (Å²) in [6.07, 6.45) is -0.559. The highest BCUT2D eigenvalue weighted by atomic mass is 35.5. The molecule has 2 heterocycles. The summed E-state index contributed by atoms with van der Waals surface area (Å²) in [5.41, 5.74) is 0.930. The smallest absolute Gasteiger partial charge is 0.253 e. The number of hydrogen-bond acceptors (Lipinski definition) is 4. The van der Waals surface area contributed by atoms with Crippen LogP contribution in [0.2, 0.25) is 5.02 Å². The number of carbonyl (C=O) groups is 1. The van der Waals surface area contributed by atoms with E-state index in [0.29, 0.717) is 37.9 Å². The zero-order valence-electron chi connectivity index (χ0n) is 11.8. The van der Waals surface area contributed by atoms with Crippen molar-refractivity contribution >= 4 is 17.5 Å². The maximum Gasteiger partial charge on any atom is 0.253 e. The van der Waals surface area contributed by atoms with E-state index < -0.39 is 0 Å². The number of nitrogens with zero attached hydrogens (tertiary/aromatic N) is 1. The van der Waals surface area contributed by atoms with Crippen molar-refractivity contribution in [3.8, 4) is 0 Å². The number of amides is 1. The van der Waals surface area contributed by atoms with Crippen LogP contribution in [0.4, 0.5) is 0 Å². The fourth-order valence-corrected chi connectivity index (χ4v) is 2.96. The van der Waals surface area contributed by atoms with Crippen LogP contribution in [-0.2, 0) is 14.3 Å². The summed E-state index contributed by atoms with van der Waals surface area (Å²) in [6, 6.07) is 7.60. The highest BCUT2D eigenvalue weighted by Gasteiger charge is 2.31. The van der Waals surface area contributed by atoms with Crippen LogP contribution in [0.1, 0.15) is 11.7 Å². The minimum Gasteiger partial charge on any atom is -0.370 e. The second-order valence-electron chi connectivity index (χ2n) is 5.23. The number of benzene rings is 1. The van der Waals surface area contributed by atoms with Gasteiger partial charge in [0.15, 0.2) is 0 Å². The molecular weight excluding hydrogens is 292 g/mol. The van der Waals surface area contributed by atoms with Gasteiger partial charge in [-0.3, -0.25) is 4.79 Å². The molecule has 114 valence electrons. The van der Waals surface area contributed by atoms with Crippen molar-refractivity contribution in [3.05, 3.63) is 34.9 Å². The quantitative estimate of drug-likeness (QED) is 0.892. The standard InChI is InChI=1S/C15H19ClN2O3/c16-12-4-2-1-3-11(12)14-10-18(6-8-21-14)15(19)13-9-17-5-7-20-13/h1-4,13-14,17H,5-10H2/t13-,14+/m0/s1. The first kappa shape index (κ1) is 14.8. The largest absolute Gasteiger partial charge is 0.370 e. The summed E-state index contributed by atoms with van der Waals surface area (Å²) < 4.78 is 11.3. The molecule has 2 fully saturated rings. The molecule has 21 heavy (non-hydrogen) atoms. The summed E-state index contributed by atoms with van der Waals surface area (Å²) >= 11 is 6.22. The summed E-state index contributed by atoms with van der Waals surface area (Å²) in [5, 5.41) is 3.86. The Morgan fingerprint density at radius 2 is 2.14 bits per heavy atom. The van der Waals surface area contributed by atoms with E-state index in [1.165, 1.54) is 0 Å². The molecule has 2 aliphatic rings. The van der Waals surface area contributed by atoms with E-state index in [1.54, 1.807) is 0 Å². The number of carbonyl (C=O) groups excluding carboxylic acids is 1. The van der Waals surface area contributed by atoms with Crippen LogP contribution >= 0.6 is 11.6 Å². The molecule has 5 nitrogen and oxygen atoms in total. The van der Waals surface area contributed by atoms with Gasteiger partial charge in [0.05, 0.1) is 19.8 Å². The van der Waals surface area contributed by atoms with Crippen molar-refractivity contribution in [2.45, 2.75) is 12.2 Å². The van der Waals surface area contributed by atoms with E-state index in [9.17, 15) is 4.79 Å². The maximum atomic E-state index is 12.5. The Bertz CT molecular complexity index is 505. The average Bonchev–Trinajstić information content (AvgIpc) is 2.55. The van der Waals surface area contributed by atoms with Crippen molar-refractivity contribution < 1.29 is 14.3 Å². The van der Waals surface area contributed by atoms with Crippen LogP contribution in [0, 0.1) is 0 Å². The first-order valence-electron chi connectivity index (χ1n) is 7.23. The molecule has 2 saturated heterocycles. The van der Waals surface area contributed by atoms with Gasteiger partial charge in [0, 0.05) is 30.2 Å². The lowest BCUT2D eigenvalue weighted by Crippen LogP contribution is -2.52. The molecule has 2 aliphatic heterocycles. The number of ether oxygens (including phenoxy) is 2. The zero-order chi connectivity index (χ0) is 14.7. The van der Waals surface area contributed by atoms with Gasteiger partial charge in [-0.05, 0) is 6.07 Å². The molecule has 0 aliphatic carbocycles. The molecule has 0 bridgehead atoms. The summed E-state index contributed by atoms with van der Waals surface area (Å²) in [4.78, 5) is 14.3. The molecular formula is C15H19ClN2O3. The highest BCUT2D eigenvalue weighted by molar-refractivity contribution is 6.31. The van der Waals surface area contributed by atoms with E-state index in [0.717, 1.165) is 12.1 Å². The van der Waals surface area contributed by atoms with Crippen LogP contribution in [0.15, 0.2) is 24.3 Å². The van der Waals surface area contributed by atoms with Crippen LogP contribution in [0.3, 0.4) is 0 Å². The third-order valence-corrected chi connectivity index (χ3v) is 4.18. The predicted molar refractivity (Wildman–Crippen MR) is 79.3 cm³/mol. The molecule has 2 atom stereocenters. The Morgan fingerprint density at radius 1 is 1.29 bits per heavy atom. The van der Waals surface area contributed by atoms with Crippen LogP contribution < -0.4 is 5.32 Å². The van der Waals surface area contributed by atoms with Gasteiger partial charge in [-0.25, -0.2) is 0 Å². The fraction of sp³-hybridized carbons (Fsp3) is 0.533. The second kappa shape index (κ2) is 6.75. The molecule has 1 aromatic rings. The Labute approximate surface area is 129 Å². The third kappa shape index (κ3) is 3.37. The topological polar surface area (TPSA) is 50.8 Å². The Kier molecular flexibility index (Phi) is 4.75. The van der Waals surface area contributed by atoms with Gasteiger partial charge < -0.3 is 19.7 Å². The summed E-state index contributed by atoms with van der Waals surface area (Å²) in [5.74, 6) is 0.0301. The van der Waals surface area contributed by atoms with E-state index in [2.05, 4.69) is 5.32 Å². The molecule has 0 aromatic heterocycles. The normalized spacial score (nSPS) is 26.6. The fourth-order valence-electron chi connectivity index (χ4n) is 2.70. The lowest BCUT2D eigenvalue weighted by molar-refractivity contribution is -0.152. The number of rotatable bonds is 2. The van der Waals surface area contributed by atoms with Crippen molar-refractivity contribution in [2.24, 2.45) is 0 Å². The van der Waals surface area contributed by atoms with E-state index >= 15 is 0 Å². The first-order chi connectivity index (χ1) is 10.3. The van der Waals surface area contributed by atoms with Gasteiger partial charge >= 0.3 is 0 Å². The van der Waals surface area contributed by atoms with Crippen LogP contribution in [0.5, 0.6) is 0 Å². The summed E-state index contributed by atoms with van der Waals surface area (Å²) in [7, 11) is 0. The van der Waals surface area contributed by atoms with Crippen molar-refractivity contribution in [1.82, 2.24) is 10.2 Å². The van der Waals surface area contributed by atoms with E-state index in [-0.39, 0.29) is 18.1 Å². The van der Waals surface area contributed by atoms with Gasteiger partial charge in [0.2, 0.25) is 0 Å². The number of nitrogens with one attached hydrogen (secondary N) is 1. The Hall–Kier alpha value is -1.14. The number of hydrogen-bond donors (Lipinski definition) is 1. The molecule has 1 aromatic carbocycles. The zero-order valence-corrected chi connectivity index (χ0v) is 12.5.